The Balaban J connectivity index is 1.58. The number of nitrogens with zero attached hydrogens (tertiary/aromatic N) is 2. The standard InChI is InChI=1S/C21H30N4O4S/c1-14-12-18(29-4)8-9-19(14)22-20(26)10-7-17-6-5-11-25(13-17)30(27,28)21-15(2)23-24-16(21)3/h8-9,12,17H,5-7,10-11,13H2,1-4H3,(H,22,26)(H,23,24)/t17-/m0/s1. The number of amides is 1. The number of aromatic amines is 1. The van der Waals surface area contributed by atoms with E-state index in [9.17, 15) is 13.2 Å². The summed E-state index contributed by atoms with van der Waals surface area (Å²) in [6.45, 7) is 6.27. The number of sulfonamides is 1. The molecule has 0 unspecified atom stereocenters. The normalized spacial score (nSPS) is 17.7. The van der Waals surface area contributed by atoms with Gasteiger partial charge in [-0.15, -0.1) is 0 Å². The smallest absolute Gasteiger partial charge is 0.246 e. The van der Waals surface area contributed by atoms with Crippen LogP contribution in [-0.2, 0) is 14.8 Å². The average molecular weight is 435 g/mol. The van der Waals surface area contributed by atoms with Crippen molar-refractivity contribution >= 4 is 21.6 Å². The fourth-order valence-corrected chi connectivity index (χ4v) is 5.87. The summed E-state index contributed by atoms with van der Waals surface area (Å²) in [4.78, 5) is 12.7. The molecule has 0 spiro atoms. The summed E-state index contributed by atoms with van der Waals surface area (Å²) in [5, 5.41) is 9.71. The van der Waals surface area contributed by atoms with E-state index >= 15 is 0 Å². The molecule has 2 N–H and O–H groups in total. The molecule has 0 saturated carbocycles. The largest absolute Gasteiger partial charge is 0.497 e. The molecule has 30 heavy (non-hydrogen) atoms. The van der Waals surface area contributed by atoms with E-state index in [4.69, 9.17) is 4.74 Å². The summed E-state index contributed by atoms with van der Waals surface area (Å²) in [6.07, 6.45) is 2.72. The first-order chi connectivity index (χ1) is 14.2. The van der Waals surface area contributed by atoms with Crippen molar-refractivity contribution in [3.8, 4) is 5.75 Å². The molecule has 3 rings (SSSR count). The predicted octanol–water partition coefficient (Wildman–Crippen LogP) is 3.16. The Kier molecular flexibility index (Phi) is 6.82. The lowest BCUT2D eigenvalue weighted by Gasteiger charge is -2.32. The zero-order valence-corrected chi connectivity index (χ0v) is 18.8. The lowest BCUT2D eigenvalue weighted by molar-refractivity contribution is -0.116. The second-order valence-electron chi connectivity index (χ2n) is 7.90. The minimum Gasteiger partial charge on any atom is -0.497 e. The van der Waals surface area contributed by atoms with Gasteiger partial charge in [0.2, 0.25) is 15.9 Å². The molecule has 1 atom stereocenters. The number of rotatable bonds is 7. The van der Waals surface area contributed by atoms with E-state index in [0.29, 0.717) is 37.3 Å². The summed E-state index contributed by atoms with van der Waals surface area (Å²) in [5.41, 5.74) is 2.75. The van der Waals surface area contributed by atoms with Crippen molar-refractivity contribution in [2.45, 2.75) is 51.3 Å². The first kappa shape index (κ1) is 22.3. The number of anilines is 1. The molecule has 2 heterocycles. The van der Waals surface area contributed by atoms with Gasteiger partial charge in [-0.2, -0.15) is 9.40 Å². The molecule has 1 aromatic carbocycles. The Labute approximate surface area is 178 Å². The Morgan fingerprint density at radius 1 is 1.33 bits per heavy atom. The van der Waals surface area contributed by atoms with Gasteiger partial charge in [0.05, 0.1) is 18.5 Å². The molecule has 2 aromatic rings. The van der Waals surface area contributed by atoms with Crippen LogP contribution < -0.4 is 10.1 Å². The number of piperidine rings is 1. The molecular formula is C21H30N4O4S. The van der Waals surface area contributed by atoms with E-state index in [2.05, 4.69) is 15.5 Å². The second-order valence-corrected chi connectivity index (χ2v) is 9.78. The monoisotopic (exact) mass is 434 g/mol. The molecule has 8 nitrogen and oxygen atoms in total. The van der Waals surface area contributed by atoms with Crippen LogP contribution in [0.4, 0.5) is 5.69 Å². The third kappa shape index (κ3) is 4.84. The molecule has 0 bridgehead atoms. The zero-order chi connectivity index (χ0) is 21.9. The lowest BCUT2D eigenvalue weighted by atomic mass is 9.94. The van der Waals surface area contributed by atoms with Gasteiger partial charge in [0, 0.05) is 25.2 Å². The highest BCUT2D eigenvalue weighted by Gasteiger charge is 2.33. The van der Waals surface area contributed by atoms with Gasteiger partial charge in [-0.1, -0.05) is 0 Å². The number of benzene rings is 1. The molecular weight excluding hydrogens is 404 g/mol. The molecule has 1 aromatic heterocycles. The summed E-state index contributed by atoms with van der Waals surface area (Å²) in [6, 6.07) is 5.52. The second kappa shape index (κ2) is 9.18. The molecule has 9 heteroatoms. The van der Waals surface area contributed by atoms with Gasteiger partial charge < -0.3 is 10.1 Å². The van der Waals surface area contributed by atoms with Crippen molar-refractivity contribution in [3.05, 3.63) is 35.2 Å². The molecule has 1 aliphatic heterocycles. The van der Waals surface area contributed by atoms with Crippen molar-refractivity contribution in [3.63, 3.8) is 0 Å². The van der Waals surface area contributed by atoms with Gasteiger partial charge in [-0.05, 0) is 69.7 Å². The van der Waals surface area contributed by atoms with Crippen LogP contribution in [0.25, 0.3) is 0 Å². The summed E-state index contributed by atoms with van der Waals surface area (Å²) < 4.78 is 32.9. The number of methoxy groups -OCH3 is 1. The van der Waals surface area contributed by atoms with Crippen LogP contribution in [0.2, 0.25) is 0 Å². The Bertz CT molecular complexity index is 997. The molecule has 164 valence electrons. The molecule has 1 saturated heterocycles. The van der Waals surface area contributed by atoms with Crippen LogP contribution in [0.3, 0.4) is 0 Å². The number of carbonyl (C=O) groups excluding carboxylic acids is 1. The Morgan fingerprint density at radius 2 is 2.10 bits per heavy atom. The minimum atomic E-state index is -3.59. The molecule has 1 fully saturated rings. The molecule has 0 aliphatic carbocycles. The van der Waals surface area contributed by atoms with Gasteiger partial charge in [0.1, 0.15) is 10.6 Å². The van der Waals surface area contributed by atoms with Crippen LogP contribution in [0.15, 0.2) is 23.1 Å². The quantitative estimate of drug-likeness (QED) is 0.697. The number of aryl methyl sites for hydroxylation is 3. The van der Waals surface area contributed by atoms with Crippen LogP contribution >= 0.6 is 0 Å². The zero-order valence-electron chi connectivity index (χ0n) is 18.0. The predicted molar refractivity (Wildman–Crippen MR) is 115 cm³/mol. The number of H-pyrrole nitrogens is 1. The van der Waals surface area contributed by atoms with Crippen molar-refractivity contribution < 1.29 is 17.9 Å². The van der Waals surface area contributed by atoms with Crippen LogP contribution in [0, 0.1) is 26.7 Å². The van der Waals surface area contributed by atoms with Crippen molar-refractivity contribution in [1.82, 2.24) is 14.5 Å². The number of carbonyl (C=O) groups is 1. The summed E-state index contributed by atoms with van der Waals surface area (Å²) in [5.74, 6) is 0.839. The first-order valence-corrected chi connectivity index (χ1v) is 11.6. The summed E-state index contributed by atoms with van der Waals surface area (Å²) in [7, 11) is -1.98. The van der Waals surface area contributed by atoms with Gasteiger partial charge in [0.25, 0.3) is 0 Å². The van der Waals surface area contributed by atoms with E-state index in [1.54, 1.807) is 21.0 Å². The maximum atomic E-state index is 13.1. The maximum absolute atomic E-state index is 13.1. The Hall–Kier alpha value is -2.39. The molecule has 0 radical (unpaired) electrons. The highest BCUT2D eigenvalue weighted by atomic mass is 32.2. The first-order valence-electron chi connectivity index (χ1n) is 10.2. The van der Waals surface area contributed by atoms with Crippen LogP contribution in [0.1, 0.15) is 42.6 Å². The number of hydrogen-bond acceptors (Lipinski definition) is 5. The van der Waals surface area contributed by atoms with Crippen molar-refractivity contribution in [2.24, 2.45) is 5.92 Å². The highest BCUT2D eigenvalue weighted by molar-refractivity contribution is 7.89. The third-order valence-electron chi connectivity index (χ3n) is 5.63. The Morgan fingerprint density at radius 3 is 2.73 bits per heavy atom. The van der Waals surface area contributed by atoms with E-state index in [0.717, 1.165) is 29.8 Å². The van der Waals surface area contributed by atoms with Gasteiger partial charge in [-0.3, -0.25) is 9.89 Å². The number of hydrogen-bond donors (Lipinski definition) is 2. The van der Waals surface area contributed by atoms with Crippen LogP contribution in [-0.4, -0.2) is 49.0 Å². The minimum absolute atomic E-state index is 0.0650. The third-order valence-corrected chi connectivity index (χ3v) is 7.76. The van der Waals surface area contributed by atoms with E-state index in [1.165, 1.54) is 4.31 Å². The van der Waals surface area contributed by atoms with E-state index < -0.39 is 10.0 Å². The topological polar surface area (TPSA) is 104 Å². The SMILES string of the molecule is COc1ccc(NC(=O)CC[C@@H]2CCCN(S(=O)(=O)c3c(C)n[nH]c3C)C2)c(C)c1. The van der Waals surface area contributed by atoms with Crippen LogP contribution in [0.5, 0.6) is 5.75 Å². The fourth-order valence-electron chi connectivity index (χ4n) is 3.98. The van der Waals surface area contributed by atoms with Gasteiger partial charge in [-0.25, -0.2) is 8.42 Å². The fraction of sp³-hybridized carbons (Fsp3) is 0.524. The molecule has 1 amide bonds. The van der Waals surface area contributed by atoms with E-state index in [1.807, 2.05) is 25.1 Å². The molecule has 1 aliphatic rings. The average Bonchev–Trinajstić information content (AvgIpc) is 3.07. The maximum Gasteiger partial charge on any atom is 0.246 e. The number of aromatic nitrogens is 2. The van der Waals surface area contributed by atoms with Gasteiger partial charge >= 0.3 is 0 Å². The highest BCUT2D eigenvalue weighted by Crippen LogP contribution is 2.29. The van der Waals surface area contributed by atoms with Crippen molar-refractivity contribution in [1.29, 1.82) is 0 Å². The number of ether oxygens (including phenoxy) is 1. The summed E-state index contributed by atoms with van der Waals surface area (Å²) >= 11 is 0. The lowest BCUT2D eigenvalue weighted by Crippen LogP contribution is -2.40. The number of nitrogens with one attached hydrogen (secondary N) is 2. The van der Waals surface area contributed by atoms with E-state index in [-0.39, 0.29) is 16.7 Å². The van der Waals surface area contributed by atoms with Crippen molar-refractivity contribution in [2.75, 3.05) is 25.5 Å². The van der Waals surface area contributed by atoms with Gasteiger partial charge in [0.15, 0.2) is 0 Å².